The van der Waals surface area contributed by atoms with Crippen molar-refractivity contribution in [1.29, 1.82) is 0 Å². The first-order valence-corrected chi connectivity index (χ1v) is 8.11. The van der Waals surface area contributed by atoms with Gasteiger partial charge in [-0.1, -0.05) is 55.5 Å². The summed E-state index contributed by atoms with van der Waals surface area (Å²) < 4.78 is 5.29. The molecule has 0 radical (unpaired) electrons. The number of benzene rings is 2. The zero-order valence-corrected chi connectivity index (χ0v) is 13.9. The second-order valence-corrected chi connectivity index (χ2v) is 6.08. The average Bonchev–Trinajstić information content (AvgIpc) is 2.94. The molecule has 130 valence electrons. The minimum Gasteiger partial charge on any atom is -0.478 e. The van der Waals surface area contributed by atoms with E-state index in [1.807, 2.05) is 48.5 Å². The van der Waals surface area contributed by atoms with Crippen molar-refractivity contribution in [2.75, 3.05) is 6.61 Å². The van der Waals surface area contributed by atoms with Gasteiger partial charge in [0.15, 0.2) is 5.66 Å². The van der Waals surface area contributed by atoms with Crippen LogP contribution in [0.25, 0.3) is 11.1 Å². The third kappa shape index (κ3) is 3.08. The van der Waals surface area contributed by atoms with Gasteiger partial charge in [0.1, 0.15) is 6.61 Å². The lowest BCUT2D eigenvalue weighted by Crippen LogP contribution is -2.61. The van der Waals surface area contributed by atoms with E-state index in [0.29, 0.717) is 0 Å². The lowest BCUT2D eigenvalue weighted by Gasteiger charge is -2.24. The first-order chi connectivity index (χ1) is 12.0. The highest BCUT2D eigenvalue weighted by Crippen LogP contribution is 2.44. The molecule has 0 spiro atoms. The number of amides is 1. The van der Waals surface area contributed by atoms with Crippen LogP contribution in [0, 0.1) is 0 Å². The molecule has 1 amide bonds. The molecule has 3 rings (SSSR count). The third-order valence-corrected chi connectivity index (χ3v) is 4.61. The normalized spacial score (nSPS) is 15.0. The molecule has 1 atom stereocenters. The van der Waals surface area contributed by atoms with Gasteiger partial charge in [-0.3, -0.25) is 11.1 Å². The number of carboxylic acids is 1. The fourth-order valence-corrected chi connectivity index (χ4v) is 3.11. The number of hydrogen-bond acceptors (Lipinski definition) is 4. The molecule has 0 fully saturated rings. The lowest BCUT2D eigenvalue weighted by atomic mass is 9.98. The molecular weight excluding hydrogens is 320 g/mol. The smallest absolute Gasteiger partial charge is 0.409 e. The molecule has 4 N–H and O–H groups in total. The largest absolute Gasteiger partial charge is 0.478 e. The second kappa shape index (κ2) is 6.57. The van der Waals surface area contributed by atoms with Crippen LogP contribution in [0.5, 0.6) is 0 Å². The number of ether oxygens (including phenoxy) is 1. The quantitative estimate of drug-likeness (QED) is 0.726. The minimum atomic E-state index is -1.83. The van der Waals surface area contributed by atoms with Crippen LogP contribution >= 0.6 is 0 Å². The number of carbonyl (C=O) groups is 2. The van der Waals surface area contributed by atoms with Gasteiger partial charge in [0.05, 0.1) is 0 Å². The summed E-state index contributed by atoms with van der Waals surface area (Å²) in [4.78, 5) is 23.2. The molecule has 0 saturated carbocycles. The maximum absolute atomic E-state index is 12.0. The van der Waals surface area contributed by atoms with Gasteiger partial charge in [0.2, 0.25) is 0 Å². The van der Waals surface area contributed by atoms with E-state index < -0.39 is 17.7 Å². The molecule has 1 aliphatic rings. The molecule has 6 heteroatoms. The molecule has 25 heavy (non-hydrogen) atoms. The summed E-state index contributed by atoms with van der Waals surface area (Å²) in [6.45, 7) is 1.69. The summed E-state index contributed by atoms with van der Waals surface area (Å²) in [7, 11) is 0. The van der Waals surface area contributed by atoms with Gasteiger partial charge in [0.25, 0.3) is 0 Å². The zero-order valence-electron chi connectivity index (χ0n) is 13.9. The van der Waals surface area contributed by atoms with Crippen molar-refractivity contribution in [3.63, 3.8) is 0 Å². The molecule has 0 heterocycles. The molecule has 0 aliphatic heterocycles. The number of nitrogens with one attached hydrogen (secondary N) is 1. The van der Waals surface area contributed by atoms with E-state index in [-0.39, 0.29) is 18.9 Å². The Bertz CT molecular complexity index is 775. The monoisotopic (exact) mass is 340 g/mol. The minimum absolute atomic E-state index is 0.0481. The van der Waals surface area contributed by atoms with Crippen LogP contribution in [-0.4, -0.2) is 29.4 Å². The molecule has 0 bridgehead atoms. The predicted molar refractivity (Wildman–Crippen MR) is 93.0 cm³/mol. The highest BCUT2D eigenvalue weighted by Gasteiger charge is 2.35. The Balaban J connectivity index is 1.76. The number of carbonyl (C=O) groups excluding carboxylic acids is 1. The van der Waals surface area contributed by atoms with Crippen LogP contribution in [0.2, 0.25) is 0 Å². The van der Waals surface area contributed by atoms with Gasteiger partial charge in [-0.25, -0.2) is 9.59 Å². The van der Waals surface area contributed by atoms with E-state index in [9.17, 15) is 9.59 Å². The molecule has 0 saturated heterocycles. The van der Waals surface area contributed by atoms with Crippen molar-refractivity contribution in [3.8, 4) is 11.1 Å². The van der Waals surface area contributed by atoms with Gasteiger partial charge in [-0.2, -0.15) is 0 Å². The van der Waals surface area contributed by atoms with Crippen LogP contribution in [0.4, 0.5) is 4.79 Å². The predicted octanol–water partition coefficient (Wildman–Crippen LogP) is 2.67. The third-order valence-electron chi connectivity index (χ3n) is 4.61. The SMILES string of the molecule is CCC(N)(NC(=O)OCC1c2ccccc2-c2ccccc21)C(=O)O. The topological polar surface area (TPSA) is 102 Å². The average molecular weight is 340 g/mol. The number of alkyl carbamates (subject to hydrolysis) is 1. The number of fused-ring (bicyclic) bond motifs is 3. The molecule has 0 aromatic heterocycles. The molecule has 1 unspecified atom stereocenters. The van der Waals surface area contributed by atoms with Gasteiger partial charge >= 0.3 is 12.1 Å². The Hall–Kier alpha value is -2.86. The van der Waals surface area contributed by atoms with Crippen molar-refractivity contribution >= 4 is 12.1 Å². The molecule has 2 aromatic carbocycles. The number of aliphatic carboxylic acids is 1. The molecular formula is C19H20N2O4. The highest BCUT2D eigenvalue weighted by molar-refractivity contribution is 5.83. The van der Waals surface area contributed by atoms with Gasteiger partial charge < -0.3 is 9.84 Å². The van der Waals surface area contributed by atoms with E-state index in [4.69, 9.17) is 15.6 Å². The maximum atomic E-state index is 12.0. The lowest BCUT2D eigenvalue weighted by molar-refractivity contribution is -0.144. The van der Waals surface area contributed by atoms with E-state index in [1.54, 1.807) is 6.92 Å². The van der Waals surface area contributed by atoms with E-state index in [1.165, 1.54) is 0 Å². The second-order valence-electron chi connectivity index (χ2n) is 6.08. The summed E-state index contributed by atoms with van der Waals surface area (Å²) >= 11 is 0. The van der Waals surface area contributed by atoms with Gasteiger partial charge in [-0.05, 0) is 28.7 Å². The summed E-state index contributed by atoms with van der Waals surface area (Å²) in [5, 5.41) is 11.4. The van der Waals surface area contributed by atoms with Gasteiger partial charge in [0, 0.05) is 5.92 Å². The van der Waals surface area contributed by atoms with Crippen LogP contribution in [0.1, 0.15) is 30.4 Å². The first-order valence-electron chi connectivity index (χ1n) is 8.11. The first kappa shape index (κ1) is 17.0. The van der Waals surface area contributed by atoms with Crippen LogP contribution in [-0.2, 0) is 9.53 Å². The van der Waals surface area contributed by atoms with Crippen LogP contribution in [0.15, 0.2) is 48.5 Å². The maximum Gasteiger partial charge on any atom is 0.409 e. The standard InChI is InChI=1S/C19H20N2O4/c1-2-19(20,17(22)23)21-18(24)25-11-16-14-9-5-3-7-12(14)13-8-4-6-10-15(13)16/h3-10,16H,2,11,20H2,1H3,(H,21,24)(H,22,23). The Morgan fingerprint density at radius 3 is 2.12 bits per heavy atom. The number of rotatable bonds is 5. The molecule has 1 aliphatic carbocycles. The Morgan fingerprint density at radius 1 is 1.12 bits per heavy atom. The fraction of sp³-hybridized carbons (Fsp3) is 0.263. The van der Waals surface area contributed by atoms with Crippen molar-refractivity contribution in [2.45, 2.75) is 24.9 Å². The number of hydrogen-bond donors (Lipinski definition) is 3. The van der Waals surface area contributed by atoms with E-state index in [0.717, 1.165) is 22.3 Å². The molecule has 6 nitrogen and oxygen atoms in total. The van der Waals surface area contributed by atoms with E-state index in [2.05, 4.69) is 5.32 Å². The number of carboxylic acid groups (broad SMARTS) is 1. The zero-order chi connectivity index (χ0) is 18.0. The van der Waals surface area contributed by atoms with E-state index >= 15 is 0 Å². The summed E-state index contributed by atoms with van der Waals surface area (Å²) in [5.41, 5.74) is 8.26. The Labute approximate surface area is 145 Å². The Kier molecular flexibility index (Phi) is 4.46. The Morgan fingerprint density at radius 2 is 1.64 bits per heavy atom. The molecule has 2 aromatic rings. The van der Waals surface area contributed by atoms with Crippen LogP contribution in [0.3, 0.4) is 0 Å². The number of nitrogens with two attached hydrogens (primary N) is 1. The van der Waals surface area contributed by atoms with Gasteiger partial charge in [-0.15, -0.1) is 0 Å². The van der Waals surface area contributed by atoms with Crippen LogP contribution < -0.4 is 11.1 Å². The van der Waals surface area contributed by atoms with Crippen molar-refractivity contribution < 1.29 is 19.4 Å². The van der Waals surface area contributed by atoms with Crippen molar-refractivity contribution in [1.82, 2.24) is 5.32 Å². The van der Waals surface area contributed by atoms with Crippen molar-refractivity contribution in [3.05, 3.63) is 59.7 Å². The fourth-order valence-electron chi connectivity index (χ4n) is 3.11. The highest BCUT2D eigenvalue weighted by atomic mass is 16.5. The summed E-state index contributed by atoms with van der Waals surface area (Å²) in [6.07, 6.45) is -0.791. The summed E-state index contributed by atoms with van der Waals surface area (Å²) in [5.74, 6) is -1.39. The summed E-state index contributed by atoms with van der Waals surface area (Å²) in [6, 6.07) is 16.0. The van der Waals surface area contributed by atoms with Crippen molar-refractivity contribution in [2.24, 2.45) is 5.73 Å².